The lowest BCUT2D eigenvalue weighted by Gasteiger charge is -2.09. The number of aromatic amines is 1. The standard InChI is InChI=1S/C21H21N3O3/c1-3-12-27-18-10-8-15(13-19(18)26-2)9-11-21(25)22-14-20-23-16-6-4-5-7-17(16)24-20/h3-11,13H,1,12,14H2,2H3,(H,22,25)(H,23,24)/b11-9+. The van der Waals surface area contributed by atoms with Crippen molar-refractivity contribution in [3.8, 4) is 11.5 Å². The summed E-state index contributed by atoms with van der Waals surface area (Å²) in [5.41, 5.74) is 2.66. The zero-order chi connectivity index (χ0) is 19.1. The van der Waals surface area contributed by atoms with E-state index < -0.39 is 0 Å². The average molecular weight is 363 g/mol. The number of methoxy groups -OCH3 is 1. The summed E-state index contributed by atoms with van der Waals surface area (Å²) >= 11 is 0. The number of ether oxygens (including phenoxy) is 2. The monoisotopic (exact) mass is 363 g/mol. The van der Waals surface area contributed by atoms with E-state index in [1.807, 2.05) is 30.3 Å². The zero-order valence-electron chi connectivity index (χ0n) is 15.1. The van der Waals surface area contributed by atoms with Crippen LogP contribution in [-0.4, -0.2) is 29.6 Å². The van der Waals surface area contributed by atoms with Gasteiger partial charge in [-0.2, -0.15) is 0 Å². The Morgan fingerprint density at radius 3 is 2.89 bits per heavy atom. The first-order chi connectivity index (χ1) is 13.2. The van der Waals surface area contributed by atoms with Gasteiger partial charge in [-0.15, -0.1) is 0 Å². The van der Waals surface area contributed by atoms with Crippen LogP contribution in [0, 0.1) is 0 Å². The fourth-order valence-electron chi connectivity index (χ4n) is 2.55. The quantitative estimate of drug-likeness (QED) is 0.475. The van der Waals surface area contributed by atoms with Crippen LogP contribution in [0.2, 0.25) is 0 Å². The molecule has 0 unspecified atom stereocenters. The van der Waals surface area contributed by atoms with Crippen LogP contribution in [0.1, 0.15) is 11.4 Å². The maximum atomic E-state index is 12.1. The second-order valence-electron chi connectivity index (χ2n) is 5.76. The smallest absolute Gasteiger partial charge is 0.244 e. The van der Waals surface area contributed by atoms with Gasteiger partial charge in [-0.1, -0.05) is 30.9 Å². The summed E-state index contributed by atoms with van der Waals surface area (Å²) in [5, 5.41) is 2.81. The second kappa shape index (κ2) is 8.71. The van der Waals surface area contributed by atoms with Crippen LogP contribution in [0.5, 0.6) is 11.5 Å². The predicted molar refractivity (Wildman–Crippen MR) is 106 cm³/mol. The minimum atomic E-state index is -0.207. The minimum absolute atomic E-state index is 0.207. The number of aromatic nitrogens is 2. The Balaban J connectivity index is 1.59. The Morgan fingerprint density at radius 1 is 1.26 bits per heavy atom. The number of nitrogens with zero attached hydrogens (tertiary/aromatic N) is 1. The van der Waals surface area contributed by atoms with E-state index in [2.05, 4.69) is 21.9 Å². The van der Waals surface area contributed by atoms with E-state index in [0.29, 0.717) is 30.5 Å². The number of hydrogen-bond donors (Lipinski definition) is 2. The maximum Gasteiger partial charge on any atom is 0.244 e. The lowest BCUT2D eigenvalue weighted by atomic mass is 10.2. The van der Waals surface area contributed by atoms with Crippen molar-refractivity contribution in [1.82, 2.24) is 15.3 Å². The molecule has 2 N–H and O–H groups in total. The highest BCUT2D eigenvalue weighted by molar-refractivity contribution is 5.91. The highest BCUT2D eigenvalue weighted by Crippen LogP contribution is 2.28. The first-order valence-electron chi connectivity index (χ1n) is 8.51. The van der Waals surface area contributed by atoms with Gasteiger partial charge in [0.05, 0.1) is 24.7 Å². The van der Waals surface area contributed by atoms with Crippen molar-refractivity contribution in [2.75, 3.05) is 13.7 Å². The summed E-state index contributed by atoms with van der Waals surface area (Å²) in [6, 6.07) is 13.2. The number of amides is 1. The molecule has 1 aromatic heterocycles. The Labute approximate surface area is 157 Å². The van der Waals surface area contributed by atoms with E-state index in [4.69, 9.17) is 9.47 Å². The Kier molecular flexibility index (Phi) is 5.89. The Hall–Kier alpha value is -3.54. The topological polar surface area (TPSA) is 76.2 Å². The molecule has 0 aliphatic heterocycles. The Morgan fingerprint density at radius 2 is 2.11 bits per heavy atom. The summed E-state index contributed by atoms with van der Waals surface area (Å²) in [6.45, 7) is 4.35. The normalized spacial score (nSPS) is 10.9. The van der Waals surface area contributed by atoms with Crippen molar-refractivity contribution in [3.05, 3.63) is 72.6 Å². The third kappa shape index (κ3) is 4.76. The lowest BCUT2D eigenvalue weighted by molar-refractivity contribution is -0.116. The van der Waals surface area contributed by atoms with Crippen LogP contribution in [0.15, 0.2) is 61.2 Å². The lowest BCUT2D eigenvalue weighted by Crippen LogP contribution is -2.20. The van der Waals surface area contributed by atoms with Crippen LogP contribution < -0.4 is 14.8 Å². The van der Waals surface area contributed by atoms with E-state index >= 15 is 0 Å². The molecule has 0 atom stereocenters. The first-order valence-corrected chi connectivity index (χ1v) is 8.51. The highest BCUT2D eigenvalue weighted by Gasteiger charge is 2.05. The van der Waals surface area contributed by atoms with Crippen molar-refractivity contribution in [2.24, 2.45) is 0 Å². The first kappa shape index (κ1) is 18.3. The third-order valence-electron chi connectivity index (χ3n) is 3.84. The van der Waals surface area contributed by atoms with Crippen LogP contribution in [0.3, 0.4) is 0 Å². The van der Waals surface area contributed by atoms with Gasteiger partial charge in [0.25, 0.3) is 0 Å². The van der Waals surface area contributed by atoms with Gasteiger partial charge in [-0.05, 0) is 35.9 Å². The minimum Gasteiger partial charge on any atom is -0.493 e. The molecular formula is C21H21N3O3. The van der Waals surface area contributed by atoms with Crippen molar-refractivity contribution in [3.63, 3.8) is 0 Å². The number of rotatable bonds is 8. The molecule has 3 aromatic rings. The van der Waals surface area contributed by atoms with Crippen molar-refractivity contribution < 1.29 is 14.3 Å². The molecule has 0 radical (unpaired) electrons. The van der Waals surface area contributed by atoms with Crippen molar-refractivity contribution in [1.29, 1.82) is 0 Å². The summed E-state index contributed by atoms with van der Waals surface area (Å²) in [5.74, 6) is 1.73. The maximum absolute atomic E-state index is 12.1. The molecule has 0 aliphatic carbocycles. The molecule has 1 heterocycles. The SMILES string of the molecule is C=CCOc1ccc(/C=C/C(=O)NCc2nc3ccccc3[nH]2)cc1OC. The number of H-pyrrole nitrogens is 1. The highest BCUT2D eigenvalue weighted by atomic mass is 16.5. The number of hydrogen-bond acceptors (Lipinski definition) is 4. The molecule has 2 aromatic carbocycles. The van der Waals surface area contributed by atoms with Gasteiger partial charge in [0, 0.05) is 6.08 Å². The molecule has 6 nitrogen and oxygen atoms in total. The summed E-state index contributed by atoms with van der Waals surface area (Å²) in [7, 11) is 1.57. The van der Waals surface area contributed by atoms with E-state index in [9.17, 15) is 4.79 Å². The number of nitrogens with one attached hydrogen (secondary N) is 2. The second-order valence-corrected chi connectivity index (χ2v) is 5.76. The van der Waals surface area contributed by atoms with Crippen LogP contribution in [0.4, 0.5) is 0 Å². The van der Waals surface area contributed by atoms with Crippen molar-refractivity contribution >= 4 is 23.0 Å². The fourth-order valence-corrected chi connectivity index (χ4v) is 2.55. The molecule has 0 spiro atoms. The number of carbonyl (C=O) groups is 1. The van der Waals surface area contributed by atoms with Gasteiger partial charge in [0.1, 0.15) is 12.4 Å². The van der Waals surface area contributed by atoms with Gasteiger partial charge in [0.2, 0.25) is 5.91 Å². The molecular weight excluding hydrogens is 342 g/mol. The zero-order valence-corrected chi connectivity index (χ0v) is 15.1. The van der Waals surface area contributed by atoms with Gasteiger partial charge in [-0.3, -0.25) is 4.79 Å². The van der Waals surface area contributed by atoms with Crippen LogP contribution in [-0.2, 0) is 11.3 Å². The molecule has 0 bridgehead atoms. The Bertz CT molecular complexity index is 943. The predicted octanol–water partition coefficient (Wildman–Crippen LogP) is 3.47. The summed E-state index contributed by atoms with van der Waals surface area (Å²) < 4.78 is 10.8. The molecule has 0 aliphatic rings. The number of imidazole rings is 1. The van der Waals surface area contributed by atoms with Crippen LogP contribution in [0.25, 0.3) is 17.1 Å². The number of carbonyl (C=O) groups excluding carboxylic acids is 1. The number of benzene rings is 2. The van der Waals surface area contributed by atoms with Gasteiger partial charge in [-0.25, -0.2) is 4.98 Å². The van der Waals surface area contributed by atoms with E-state index in [1.165, 1.54) is 6.08 Å². The van der Waals surface area contributed by atoms with E-state index in [1.54, 1.807) is 31.4 Å². The third-order valence-corrected chi connectivity index (χ3v) is 3.84. The van der Waals surface area contributed by atoms with E-state index in [-0.39, 0.29) is 5.91 Å². The number of para-hydroxylation sites is 2. The molecule has 138 valence electrons. The number of fused-ring (bicyclic) bond motifs is 1. The average Bonchev–Trinajstić information content (AvgIpc) is 3.12. The van der Waals surface area contributed by atoms with Gasteiger partial charge >= 0.3 is 0 Å². The largest absolute Gasteiger partial charge is 0.493 e. The van der Waals surface area contributed by atoms with Crippen molar-refractivity contribution in [2.45, 2.75) is 6.54 Å². The fraction of sp³-hybridized carbons (Fsp3) is 0.143. The molecule has 6 heteroatoms. The molecule has 1 amide bonds. The molecule has 27 heavy (non-hydrogen) atoms. The summed E-state index contributed by atoms with van der Waals surface area (Å²) in [6.07, 6.45) is 4.86. The van der Waals surface area contributed by atoms with Crippen LogP contribution >= 0.6 is 0 Å². The summed E-state index contributed by atoms with van der Waals surface area (Å²) in [4.78, 5) is 19.7. The van der Waals surface area contributed by atoms with E-state index in [0.717, 1.165) is 16.6 Å². The molecule has 0 saturated heterocycles. The van der Waals surface area contributed by atoms with Gasteiger partial charge < -0.3 is 19.8 Å². The molecule has 3 rings (SSSR count). The molecule has 0 saturated carbocycles. The van der Waals surface area contributed by atoms with Gasteiger partial charge in [0.15, 0.2) is 11.5 Å². The molecule has 0 fully saturated rings.